The summed E-state index contributed by atoms with van der Waals surface area (Å²) in [6, 6.07) is 33.5. The van der Waals surface area contributed by atoms with Gasteiger partial charge in [-0.25, -0.2) is 0 Å². The minimum atomic E-state index is -2.16. The van der Waals surface area contributed by atoms with Crippen LogP contribution in [0.3, 0.4) is 0 Å². The first-order valence-corrected chi connectivity index (χ1v) is 15.9. The zero-order chi connectivity index (χ0) is 22.5. The van der Waals surface area contributed by atoms with Crippen molar-refractivity contribution in [2.75, 3.05) is 0 Å². The molecule has 3 aromatic rings. The molecule has 0 aromatic heterocycles. The van der Waals surface area contributed by atoms with Crippen LogP contribution in [0.5, 0.6) is 0 Å². The van der Waals surface area contributed by atoms with Crippen LogP contribution in [0.2, 0.25) is 10.3 Å². The summed E-state index contributed by atoms with van der Waals surface area (Å²) >= 11 is -2.16. The molecule has 3 rings (SSSR count). The molecule has 0 spiro atoms. The Labute approximate surface area is 197 Å². The second kappa shape index (κ2) is 9.94. The SMILES string of the molecule is C[C](C)(Cc1ccccc1)[Sn+]([C](C)(C)Cc1ccccc1)[C](C)(C)Cc1ccccc1. The second-order valence-corrected chi connectivity index (χ2v) is 24.7. The van der Waals surface area contributed by atoms with Crippen LogP contribution in [0, 0.1) is 0 Å². The summed E-state index contributed by atoms with van der Waals surface area (Å²) in [5.74, 6) is 0. The van der Waals surface area contributed by atoms with Gasteiger partial charge in [-0.15, -0.1) is 0 Å². The molecule has 0 amide bonds. The van der Waals surface area contributed by atoms with E-state index in [1.54, 1.807) is 0 Å². The van der Waals surface area contributed by atoms with Gasteiger partial charge in [-0.05, 0) is 0 Å². The van der Waals surface area contributed by atoms with Gasteiger partial charge in [0.15, 0.2) is 0 Å². The van der Waals surface area contributed by atoms with Gasteiger partial charge in [0.25, 0.3) is 0 Å². The van der Waals surface area contributed by atoms with Crippen molar-refractivity contribution in [1.82, 2.24) is 0 Å². The van der Waals surface area contributed by atoms with Crippen molar-refractivity contribution in [2.45, 2.75) is 71.1 Å². The molecule has 0 aliphatic carbocycles. The fourth-order valence-corrected chi connectivity index (χ4v) is 25.3. The fraction of sp³-hybridized carbons (Fsp3) is 0.400. The quantitative estimate of drug-likeness (QED) is 0.249. The third-order valence-corrected chi connectivity index (χ3v) is 19.6. The van der Waals surface area contributed by atoms with E-state index in [0.717, 1.165) is 0 Å². The summed E-state index contributed by atoms with van der Waals surface area (Å²) < 4.78 is 1.04. The standard InChI is InChI=1S/3C10H13.Sn/c3*1-9(2)8-10-6-4-3-5-7-10;/h3*3-7H,8H2,1-2H3;/q;;;+1. The van der Waals surface area contributed by atoms with Crippen LogP contribution >= 0.6 is 0 Å². The van der Waals surface area contributed by atoms with Crippen LogP contribution < -0.4 is 0 Å². The van der Waals surface area contributed by atoms with Crippen molar-refractivity contribution in [3.8, 4) is 0 Å². The summed E-state index contributed by atoms with van der Waals surface area (Å²) in [5.41, 5.74) is 4.45. The van der Waals surface area contributed by atoms with Crippen LogP contribution in [0.15, 0.2) is 91.0 Å². The molecule has 0 radical (unpaired) electrons. The molecular weight excluding hydrogens is 479 g/mol. The van der Waals surface area contributed by atoms with Crippen LogP contribution in [-0.2, 0) is 19.3 Å². The van der Waals surface area contributed by atoms with Crippen molar-refractivity contribution in [1.29, 1.82) is 0 Å². The molecule has 0 aliphatic heterocycles. The van der Waals surface area contributed by atoms with Gasteiger partial charge in [0, 0.05) is 0 Å². The molecule has 3 aromatic carbocycles. The predicted molar refractivity (Wildman–Crippen MR) is 138 cm³/mol. The summed E-state index contributed by atoms with van der Waals surface area (Å²) in [6.45, 7) is 15.5. The molecule has 1 heteroatoms. The van der Waals surface area contributed by atoms with E-state index in [1.165, 1.54) is 36.0 Å². The number of hydrogen-bond acceptors (Lipinski definition) is 0. The molecule has 0 heterocycles. The van der Waals surface area contributed by atoms with E-state index in [-0.39, 0.29) is 0 Å². The molecule has 0 aliphatic rings. The van der Waals surface area contributed by atoms with Crippen molar-refractivity contribution in [3.05, 3.63) is 108 Å². The molecule has 0 N–H and O–H groups in total. The molecule has 0 saturated heterocycles. The maximum absolute atomic E-state index is 2.58. The van der Waals surface area contributed by atoms with Crippen LogP contribution in [0.4, 0.5) is 0 Å². The Morgan fingerprint density at radius 2 is 0.645 bits per heavy atom. The van der Waals surface area contributed by atoms with E-state index < -0.39 is 19.8 Å². The molecule has 0 bridgehead atoms. The van der Waals surface area contributed by atoms with Crippen molar-refractivity contribution in [2.24, 2.45) is 0 Å². The monoisotopic (exact) mass is 519 g/mol. The Morgan fingerprint density at radius 1 is 0.419 bits per heavy atom. The van der Waals surface area contributed by atoms with Crippen LogP contribution in [0.1, 0.15) is 58.2 Å². The van der Waals surface area contributed by atoms with Gasteiger partial charge in [0.05, 0.1) is 0 Å². The number of hydrogen-bond donors (Lipinski definition) is 0. The van der Waals surface area contributed by atoms with Gasteiger partial charge < -0.3 is 0 Å². The van der Waals surface area contributed by atoms with E-state index in [4.69, 9.17) is 0 Å². The molecule has 0 saturated carbocycles. The average molecular weight is 518 g/mol. The first kappa shape index (κ1) is 24.1. The fourth-order valence-electron chi connectivity index (χ4n) is 6.33. The summed E-state index contributed by atoms with van der Waals surface area (Å²) in [4.78, 5) is 0. The first-order chi connectivity index (χ1) is 14.6. The minimum absolute atomic E-state index is 0.347. The molecular formula is C30H39Sn+. The van der Waals surface area contributed by atoms with Gasteiger partial charge in [-0.1, -0.05) is 0 Å². The van der Waals surface area contributed by atoms with Crippen molar-refractivity contribution >= 4 is 19.8 Å². The van der Waals surface area contributed by atoms with E-state index in [2.05, 4.69) is 133 Å². The van der Waals surface area contributed by atoms with E-state index in [0.29, 0.717) is 10.3 Å². The third-order valence-electron chi connectivity index (χ3n) is 6.50. The Kier molecular flexibility index (Phi) is 7.73. The van der Waals surface area contributed by atoms with Crippen molar-refractivity contribution in [3.63, 3.8) is 0 Å². The van der Waals surface area contributed by atoms with E-state index in [9.17, 15) is 0 Å². The van der Waals surface area contributed by atoms with Gasteiger partial charge >= 0.3 is 199 Å². The van der Waals surface area contributed by atoms with Gasteiger partial charge in [-0.2, -0.15) is 0 Å². The van der Waals surface area contributed by atoms with Crippen LogP contribution in [0.25, 0.3) is 0 Å². The first-order valence-electron chi connectivity index (χ1n) is 11.6. The molecule has 0 atom stereocenters. The topological polar surface area (TPSA) is 0 Å². The van der Waals surface area contributed by atoms with Gasteiger partial charge in [-0.3, -0.25) is 0 Å². The Hall–Kier alpha value is -1.54. The molecule has 0 fully saturated rings. The Bertz CT molecular complexity index is 797. The summed E-state index contributed by atoms with van der Waals surface area (Å²) in [7, 11) is 0. The predicted octanol–water partition coefficient (Wildman–Crippen LogP) is 8.55. The third kappa shape index (κ3) is 6.48. The Morgan fingerprint density at radius 3 is 0.871 bits per heavy atom. The number of benzene rings is 3. The average Bonchev–Trinajstić information content (AvgIpc) is 2.68. The summed E-state index contributed by atoms with van der Waals surface area (Å²) in [6.07, 6.45) is 3.54. The van der Waals surface area contributed by atoms with E-state index in [1.807, 2.05) is 0 Å². The number of rotatable bonds is 9. The van der Waals surface area contributed by atoms with Gasteiger partial charge in [0.1, 0.15) is 0 Å². The maximum atomic E-state index is 2.58. The zero-order valence-corrected chi connectivity index (χ0v) is 23.1. The van der Waals surface area contributed by atoms with Crippen LogP contribution in [-0.4, -0.2) is 19.8 Å². The second-order valence-electron chi connectivity index (χ2n) is 11.0. The molecule has 162 valence electrons. The molecule has 0 nitrogen and oxygen atoms in total. The molecule has 0 unspecified atom stereocenters. The summed E-state index contributed by atoms with van der Waals surface area (Å²) in [5, 5.41) is 0. The Balaban J connectivity index is 1.99. The van der Waals surface area contributed by atoms with Crippen molar-refractivity contribution < 1.29 is 0 Å². The zero-order valence-electron chi connectivity index (χ0n) is 20.3. The van der Waals surface area contributed by atoms with Gasteiger partial charge in [0.2, 0.25) is 0 Å². The normalized spacial score (nSPS) is 12.6. The van der Waals surface area contributed by atoms with E-state index >= 15 is 0 Å². The molecule has 31 heavy (non-hydrogen) atoms.